The van der Waals surface area contributed by atoms with Crippen molar-refractivity contribution in [2.45, 2.75) is 26.4 Å². The molecule has 3 aromatic rings. The van der Waals surface area contributed by atoms with E-state index in [1.807, 2.05) is 45.0 Å². The zero-order valence-electron chi connectivity index (χ0n) is 14.4. The van der Waals surface area contributed by atoms with E-state index in [2.05, 4.69) is 4.98 Å². The summed E-state index contributed by atoms with van der Waals surface area (Å²) < 4.78 is 11.6. The number of nitrogens with zero attached hydrogens (tertiary/aromatic N) is 2. The maximum absolute atomic E-state index is 12.5. The van der Waals surface area contributed by atoms with Crippen LogP contribution in [0.2, 0.25) is 0 Å². The van der Waals surface area contributed by atoms with Gasteiger partial charge in [0.1, 0.15) is 10.6 Å². The Morgan fingerprint density at radius 1 is 1.20 bits per heavy atom. The molecule has 1 aromatic carbocycles. The third-order valence-corrected chi connectivity index (χ3v) is 4.31. The Labute approximate surface area is 149 Å². The summed E-state index contributed by atoms with van der Waals surface area (Å²) in [7, 11) is 1.32. The molecule has 0 fully saturated rings. The normalized spacial score (nSPS) is 11.5. The summed E-state index contributed by atoms with van der Waals surface area (Å²) in [6.45, 7) is 5.46. The van der Waals surface area contributed by atoms with E-state index in [4.69, 9.17) is 9.47 Å². The van der Waals surface area contributed by atoms with Crippen molar-refractivity contribution in [2.75, 3.05) is 7.11 Å². The molecule has 2 aromatic heterocycles. The van der Waals surface area contributed by atoms with Gasteiger partial charge >= 0.3 is 12.1 Å². The smallest absolute Gasteiger partial charge is 0.419 e. The molecule has 0 aliphatic rings. The second kappa shape index (κ2) is 6.33. The Kier molecular flexibility index (Phi) is 4.34. The number of carbonyl (C=O) groups is 2. The van der Waals surface area contributed by atoms with Crippen LogP contribution in [-0.4, -0.2) is 34.3 Å². The average Bonchev–Trinajstić information content (AvgIpc) is 3.17. The lowest BCUT2D eigenvalue weighted by Gasteiger charge is -2.19. The van der Waals surface area contributed by atoms with Gasteiger partial charge in [-0.25, -0.2) is 14.6 Å². The van der Waals surface area contributed by atoms with Crippen LogP contribution in [-0.2, 0) is 9.47 Å². The number of aromatic nitrogens is 2. The Bertz CT molecular complexity index is 950. The predicted molar refractivity (Wildman–Crippen MR) is 96.0 cm³/mol. The summed E-state index contributed by atoms with van der Waals surface area (Å²) in [6.07, 6.45) is 1.23. The first-order valence-electron chi connectivity index (χ1n) is 7.68. The lowest BCUT2D eigenvalue weighted by Crippen LogP contribution is -2.26. The van der Waals surface area contributed by atoms with Crippen molar-refractivity contribution in [2.24, 2.45) is 0 Å². The molecule has 0 radical (unpaired) electrons. The fourth-order valence-corrected chi connectivity index (χ4v) is 3.22. The number of hydrogen-bond donors (Lipinski definition) is 0. The van der Waals surface area contributed by atoms with Crippen molar-refractivity contribution in [3.63, 3.8) is 0 Å². The fraction of sp³-hybridized carbons (Fsp3) is 0.278. The van der Waals surface area contributed by atoms with Gasteiger partial charge in [0.25, 0.3) is 0 Å². The molecule has 3 rings (SSSR count). The van der Waals surface area contributed by atoms with Gasteiger partial charge in [0, 0.05) is 22.5 Å². The molecule has 2 heterocycles. The molecule has 0 amide bonds. The number of methoxy groups -OCH3 is 1. The highest BCUT2D eigenvalue weighted by Gasteiger charge is 2.22. The molecule has 0 saturated carbocycles. The van der Waals surface area contributed by atoms with Crippen molar-refractivity contribution in [1.82, 2.24) is 9.55 Å². The number of esters is 1. The Morgan fingerprint density at radius 2 is 1.92 bits per heavy atom. The summed E-state index contributed by atoms with van der Waals surface area (Å²) >= 11 is 1.32. The van der Waals surface area contributed by atoms with Crippen molar-refractivity contribution < 1.29 is 19.1 Å². The van der Waals surface area contributed by atoms with Gasteiger partial charge in [-0.2, -0.15) is 0 Å². The van der Waals surface area contributed by atoms with E-state index >= 15 is 0 Å². The van der Waals surface area contributed by atoms with Crippen LogP contribution < -0.4 is 0 Å². The highest BCUT2D eigenvalue weighted by atomic mass is 32.1. The molecule has 6 nitrogen and oxygen atoms in total. The molecule has 0 saturated heterocycles. The first-order valence-corrected chi connectivity index (χ1v) is 8.56. The van der Waals surface area contributed by atoms with Crippen LogP contribution in [0, 0.1) is 0 Å². The molecule has 0 unspecified atom stereocenters. The minimum atomic E-state index is -0.595. The zero-order valence-corrected chi connectivity index (χ0v) is 15.2. The average molecular weight is 358 g/mol. The fourth-order valence-electron chi connectivity index (χ4n) is 2.41. The van der Waals surface area contributed by atoms with Crippen LogP contribution >= 0.6 is 11.3 Å². The SMILES string of the molecule is COC(=O)c1csc(-c2cn(C(=O)OC(C)(C)C)c3ccccc23)n1. The Hall–Kier alpha value is -2.67. The number of fused-ring (bicyclic) bond motifs is 1. The minimum absolute atomic E-state index is 0.247. The molecule has 7 heteroatoms. The zero-order chi connectivity index (χ0) is 18.2. The Balaban J connectivity index is 2.09. The van der Waals surface area contributed by atoms with Crippen LogP contribution in [0.5, 0.6) is 0 Å². The summed E-state index contributed by atoms with van der Waals surface area (Å²) in [5.74, 6) is -0.488. The molecule has 0 aliphatic heterocycles. The molecule has 0 atom stereocenters. The first-order chi connectivity index (χ1) is 11.8. The monoisotopic (exact) mass is 358 g/mol. The summed E-state index contributed by atoms with van der Waals surface area (Å²) in [6, 6.07) is 7.50. The highest BCUT2D eigenvalue weighted by molar-refractivity contribution is 7.13. The van der Waals surface area contributed by atoms with Gasteiger partial charge < -0.3 is 9.47 Å². The van der Waals surface area contributed by atoms with Gasteiger partial charge in [-0.15, -0.1) is 11.3 Å². The van der Waals surface area contributed by atoms with E-state index in [1.54, 1.807) is 11.6 Å². The van der Waals surface area contributed by atoms with E-state index in [1.165, 1.54) is 23.0 Å². The molecule has 0 spiro atoms. The van der Waals surface area contributed by atoms with E-state index in [9.17, 15) is 9.59 Å². The van der Waals surface area contributed by atoms with Crippen LogP contribution in [0.1, 0.15) is 31.3 Å². The lowest BCUT2D eigenvalue weighted by atomic mass is 10.2. The Morgan fingerprint density at radius 3 is 2.60 bits per heavy atom. The number of hydrogen-bond acceptors (Lipinski definition) is 6. The molecule has 0 bridgehead atoms. The van der Waals surface area contributed by atoms with Crippen molar-refractivity contribution in [3.8, 4) is 10.6 Å². The maximum Gasteiger partial charge on any atom is 0.419 e. The van der Waals surface area contributed by atoms with Crippen molar-refractivity contribution >= 4 is 34.3 Å². The first kappa shape index (κ1) is 17.2. The van der Waals surface area contributed by atoms with Crippen LogP contribution in [0.3, 0.4) is 0 Å². The van der Waals surface area contributed by atoms with Crippen LogP contribution in [0.4, 0.5) is 4.79 Å². The van der Waals surface area contributed by atoms with E-state index in [-0.39, 0.29) is 5.69 Å². The van der Waals surface area contributed by atoms with Crippen LogP contribution in [0.15, 0.2) is 35.8 Å². The second-order valence-electron chi connectivity index (χ2n) is 6.44. The molecule has 0 aliphatic carbocycles. The minimum Gasteiger partial charge on any atom is -0.464 e. The number of thiazole rings is 1. The van der Waals surface area contributed by atoms with Gasteiger partial charge in [-0.3, -0.25) is 4.57 Å². The number of rotatable bonds is 2. The van der Waals surface area contributed by atoms with Crippen molar-refractivity contribution in [1.29, 1.82) is 0 Å². The highest BCUT2D eigenvalue weighted by Crippen LogP contribution is 2.33. The standard InChI is InChI=1S/C18H18N2O4S/c1-18(2,3)24-17(22)20-9-12(11-7-5-6-8-14(11)20)15-19-13(10-25-15)16(21)23-4/h5-10H,1-4H3. The third kappa shape index (κ3) is 3.41. The molecular weight excluding hydrogens is 340 g/mol. The van der Waals surface area contributed by atoms with Gasteiger partial charge in [0.15, 0.2) is 5.69 Å². The topological polar surface area (TPSA) is 70.4 Å². The van der Waals surface area contributed by atoms with E-state index in [0.717, 1.165) is 16.5 Å². The number of benzene rings is 1. The third-order valence-electron chi connectivity index (χ3n) is 3.43. The molecule has 25 heavy (non-hydrogen) atoms. The molecule has 130 valence electrons. The molecule has 0 N–H and O–H groups in total. The van der Waals surface area contributed by atoms with Gasteiger partial charge in [0.2, 0.25) is 0 Å². The number of ether oxygens (including phenoxy) is 2. The molecular formula is C18H18N2O4S. The second-order valence-corrected chi connectivity index (χ2v) is 7.30. The largest absolute Gasteiger partial charge is 0.464 e. The van der Waals surface area contributed by atoms with Gasteiger partial charge in [0.05, 0.1) is 12.6 Å². The van der Waals surface area contributed by atoms with Crippen molar-refractivity contribution in [3.05, 3.63) is 41.5 Å². The van der Waals surface area contributed by atoms with E-state index in [0.29, 0.717) is 5.01 Å². The van der Waals surface area contributed by atoms with E-state index < -0.39 is 17.7 Å². The summed E-state index contributed by atoms with van der Waals surface area (Å²) in [5.41, 5.74) is 1.14. The van der Waals surface area contributed by atoms with Crippen LogP contribution in [0.25, 0.3) is 21.5 Å². The number of para-hydroxylation sites is 1. The quantitative estimate of drug-likeness (QED) is 0.638. The maximum atomic E-state index is 12.5. The summed E-state index contributed by atoms with van der Waals surface area (Å²) in [5, 5.41) is 3.14. The van der Waals surface area contributed by atoms with Gasteiger partial charge in [-0.1, -0.05) is 18.2 Å². The van der Waals surface area contributed by atoms with Gasteiger partial charge in [-0.05, 0) is 26.8 Å². The predicted octanol–water partition coefficient (Wildman–Crippen LogP) is 4.33. The number of carbonyl (C=O) groups excluding carboxylic acids is 2. The lowest BCUT2D eigenvalue weighted by molar-refractivity contribution is 0.0542. The summed E-state index contributed by atoms with van der Waals surface area (Å²) in [4.78, 5) is 28.5.